The van der Waals surface area contributed by atoms with Crippen LogP contribution < -0.4 is 0 Å². The van der Waals surface area contributed by atoms with Crippen molar-refractivity contribution in [3.63, 3.8) is 0 Å². The van der Waals surface area contributed by atoms with Gasteiger partial charge in [0.1, 0.15) is 0 Å². The molecule has 1 heterocycles. The number of fused-ring (bicyclic) bond motifs is 1. The molecule has 0 radical (unpaired) electrons. The molecule has 5 heteroatoms. The minimum atomic E-state index is -0.690. The van der Waals surface area contributed by atoms with E-state index in [1.54, 1.807) is 6.92 Å². The van der Waals surface area contributed by atoms with Gasteiger partial charge in [0, 0.05) is 12.7 Å². The van der Waals surface area contributed by atoms with E-state index in [2.05, 4.69) is 0 Å². The van der Waals surface area contributed by atoms with E-state index in [1.165, 1.54) is 7.11 Å². The number of rotatable bonds is 1. The molecule has 15 heavy (non-hydrogen) atoms. The third kappa shape index (κ3) is 1.24. The molecule has 0 bridgehead atoms. The lowest BCUT2D eigenvalue weighted by atomic mass is 10.0. The maximum absolute atomic E-state index is 9.66. The molecule has 0 spiro atoms. The molecule has 0 saturated heterocycles. The monoisotopic (exact) mass is 212 g/mol. The molecular weight excluding hydrogens is 200 g/mol. The van der Waals surface area contributed by atoms with Crippen molar-refractivity contribution in [1.82, 2.24) is 0 Å². The van der Waals surface area contributed by atoms with E-state index in [-0.39, 0.29) is 18.1 Å². The first-order valence-electron chi connectivity index (χ1n) is 4.48. The largest absolute Gasteiger partial charge is 0.504 e. The molecule has 0 aliphatic carbocycles. The summed E-state index contributed by atoms with van der Waals surface area (Å²) in [7, 11) is 1.44. The first kappa shape index (κ1) is 10.1. The highest BCUT2D eigenvalue weighted by molar-refractivity contribution is 5.62. The van der Waals surface area contributed by atoms with E-state index in [4.69, 9.17) is 9.47 Å². The Balaban J connectivity index is 2.70. The maximum Gasteiger partial charge on any atom is 0.201 e. The van der Waals surface area contributed by atoms with Crippen molar-refractivity contribution in [1.29, 1.82) is 0 Å². The number of hydrogen-bond donors (Lipinski definition) is 3. The van der Waals surface area contributed by atoms with Crippen molar-refractivity contribution >= 4 is 0 Å². The molecule has 0 aromatic heterocycles. The molecule has 1 aromatic carbocycles. The van der Waals surface area contributed by atoms with Crippen LogP contribution in [0.3, 0.4) is 0 Å². The van der Waals surface area contributed by atoms with Gasteiger partial charge in [0.2, 0.25) is 5.75 Å². The van der Waals surface area contributed by atoms with Gasteiger partial charge in [-0.2, -0.15) is 0 Å². The van der Waals surface area contributed by atoms with Crippen LogP contribution >= 0.6 is 0 Å². The van der Waals surface area contributed by atoms with Crippen LogP contribution in [0.15, 0.2) is 0 Å². The number of methoxy groups -OCH3 is 1. The fourth-order valence-electron chi connectivity index (χ4n) is 1.77. The van der Waals surface area contributed by atoms with E-state index in [0.29, 0.717) is 16.7 Å². The van der Waals surface area contributed by atoms with Crippen molar-refractivity contribution in [2.45, 2.75) is 19.8 Å². The zero-order valence-electron chi connectivity index (χ0n) is 8.44. The van der Waals surface area contributed by atoms with Crippen LogP contribution in [-0.2, 0) is 16.1 Å². The Hall–Kier alpha value is -1.46. The molecule has 82 valence electrons. The summed E-state index contributed by atoms with van der Waals surface area (Å²) in [5.74, 6) is -1.22. The minimum absolute atomic E-state index is 0.251. The average Bonchev–Trinajstić information content (AvgIpc) is 2.67. The Labute approximate surface area is 86.5 Å². The van der Waals surface area contributed by atoms with Crippen LogP contribution in [0, 0.1) is 6.92 Å². The molecule has 1 unspecified atom stereocenters. The summed E-state index contributed by atoms with van der Waals surface area (Å²) in [5, 5.41) is 28.6. The van der Waals surface area contributed by atoms with Crippen molar-refractivity contribution in [3.8, 4) is 17.2 Å². The fraction of sp³-hybridized carbons (Fsp3) is 0.400. The number of benzene rings is 1. The molecule has 1 aliphatic rings. The van der Waals surface area contributed by atoms with Crippen molar-refractivity contribution < 1.29 is 24.8 Å². The highest BCUT2D eigenvalue weighted by Gasteiger charge is 2.32. The van der Waals surface area contributed by atoms with Crippen molar-refractivity contribution in [2.24, 2.45) is 0 Å². The molecule has 1 aromatic rings. The summed E-state index contributed by atoms with van der Waals surface area (Å²) < 4.78 is 10.2. The molecule has 0 fully saturated rings. The van der Waals surface area contributed by atoms with E-state index >= 15 is 0 Å². The van der Waals surface area contributed by atoms with Gasteiger partial charge in [0.05, 0.1) is 12.2 Å². The van der Waals surface area contributed by atoms with Crippen LogP contribution in [0.1, 0.15) is 23.0 Å². The van der Waals surface area contributed by atoms with Crippen LogP contribution in [0.4, 0.5) is 0 Å². The first-order chi connectivity index (χ1) is 7.07. The van der Waals surface area contributed by atoms with Gasteiger partial charge in [-0.1, -0.05) is 0 Å². The van der Waals surface area contributed by atoms with Gasteiger partial charge in [0.25, 0.3) is 0 Å². The molecule has 0 amide bonds. The number of phenolic OH excluding ortho intramolecular Hbond substituents is 3. The second kappa shape index (κ2) is 3.29. The summed E-state index contributed by atoms with van der Waals surface area (Å²) in [5.41, 5.74) is 1.56. The lowest BCUT2D eigenvalue weighted by Crippen LogP contribution is -1.99. The van der Waals surface area contributed by atoms with Crippen molar-refractivity contribution in [3.05, 3.63) is 16.7 Å². The second-order valence-corrected chi connectivity index (χ2v) is 3.44. The van der Waals surface area contributed by atoms with Gasteiger partial charge in [-0.15, -0.1) is 0 Å². The number of hydrogen-bond acceptors (Lipinski definition) is 5. The van der Waals surface area contributed by atoms with E-state index in [0.717, 1.165) is 0 Å². The lowest BCUT2D eigenvalue weighted by Gasteiger charge is -2.13. The molecule has 3 N–H and O–H groups in total. The molecule has 1 atom stereocenters. The van der Waals surface area contributed by atoms with Gasteiger partial charge < -0.3 is 24.8 Å². The Morgan fingerprint density at radius 1 is 1.20 bits per heavy atom. The Morgan fingerprint density at radius 2 is 1.87 bits per heavy atom. The summed E-state index contributed by atoms with van der Waals surface area (Å²) in [6.45, 7) is 1.90. The molecule has 0 saturated carbocycles. The summed E-state index contributed by atoms with van der Waals surface area (Å²) in [6, 6.07) is 0. The van der Waals surface area contributed by atoms with E-state index < -0.39 is 12.0 Å². The van der Waals surface area contributed by atoms with E-state index in [1.807, 2.05) is 0 Å². The predicted molar refractivity (Wildman–Crippen MR) is 50.7 cm³/mol. The van der Waals surface area contributed by atoms with Crippen LogP contribution in [-0.4, -0.2) is 22.4 Å². The van der Waals surface area contributed by atoms with Crippen molar-refractivity contribution in [2.75, 3.05) is 7.11 Å². The first-order valence-corrected chi connectivity index (χ1v) is 4.48. The van der Waals surface area contributed by atoms with Gasteiger partial charge >= 0.3 is 0 Å². The third-order valence-corrected chi connectivity index (χ3v) is 2.67. The molecular formula is C10H12O5. The van der Waals surface area contributed by atoms with Gasteiger partial charge in [-0.25, -0.2) is 0 Å². The number of ether oxygens (including phenoxy) is 2. The Morgan fingerprint density at radius 3 is 2.47 bits per heavy atom. The van der Waals surface area contributed by atoms with Gasteiger partial charge in [-0.3, -0.25) is 0 Å². The smallest absolute Gasteiger partial charge is 0.201 e. The summed E-state index contributed by atoms with van der Waals surface area (Å²) >= 11 is 0. The maximum atomic E-state index is 9.66. The predicted octanol–water partition coefficient (Wildman–Crippen LogP) is 1.29. The second-order valence-electron chi connectivity index (χ2n) is 3.44. The number of aromatic hydroxyl groups is 3. The molecule has 5 nitrogen and oxygen atoms in total. The highest BCUT2D eigenvalue weighted by atomic mass is 16.7. The third-order valence-electron chi connectivity index (χ3n) is 2.67. The number of phenols is 3. The lowest BCUT2D eigenvalue weighted by molar-refractivity contribution is -0.118. The minimum Gasteiger partial charge on any atom is -0.504 e. The SMILES string of the molecule is COC1OCc2c(C)c(O)c(O)c(O)c21. The quantitative estimate of drug-likeness (QED) is 0.611. The summed E-state index contributed by atoms with van der Waals surface area (Å²) in [4.78, 5) is 0. The zero-order valence-corrected chi connectivity index (χ0v) is 8.44. The van der Waals surface area contributed by atoms with Crippen LogP contribution in [0.5, 0.6) is 17.2 Å². The van der Waals surface area contributed by atoms with Gasteiger partial charge in [-0.05, 0) is 12.5 Å². The van der Waals surface area contributed by atoms with Gasteiger partial charge in [0.15, 0.2) is 17.8 Å². The molecule has 1 aliphatic heterocycles. The highest BCUT2D eigenvalue weighted by Crippen LogP contribution is 2.49. The standard InChI is InChI=1S/C10H12O5/c1-4-5-3-15-10(14-2)6(5)8(12)9(13)7(4)11/h10-13H,3H2,1-2H3. The molecule has 2 rings (SSSR count). The zero-order chi connectivity index (χ0) is 11.2. The normalized spacial score (nSPS) is 19.2. The Kier molecular flexibility index (Phi) is 2.21. The topological polar surface area (TPSA) is 79.2 Å². The van der Waals surface area contributed by atoms with Crippen LogP contribution in [0.2, 0.25) is 0 Å². The Bertz CT molecular complexity index is 413. The van der Waals surface area contributed by atoms with Crippen LogP contribution in [0.25, 0.3) is 0 Å². The summed E-state index contributed by atoms with van der Waals surface area (Å²) in [6.07, 6.45) is -0.690. The van der Waals surface area contributed by atoms with E-state index in [9.17, 15) is 15.3 Å². The average molecular weight is 212 g/mol. The fourth-order valence-corrected chi connectivity index (χ4v) is 1.77.